The van der Waals surface area contributed by atoms with Crippen molar-refractivity contribution >= 4 is 29.0 Å². The number of hydrogen-bond acceptors (Lipinski definition) is 3. The van der Waals surface area contributed by atoms with Crippen molar-refractivity contribution in [3.63, 3.8) is 0 Å². The van der Waals surface area contributed by atoms with E-state index in [9.17, 15) is 4.79 Å². The van der Waals surface area contributed by atoms with Crippen LogP contribution in [0.2, 0.25) is 0 Å². The zero-order valence-electron chi connectivity index (χ0n) is 12.0. The van der Waals surface area contributed by atoms with Gasteiger partial charge in [0.2, 0.25) is 5.91 Å². The molecule has 106 valence electrons. The molecule has 0 fully saturated rings. The van der Waals surface area contributed by atoms with Crippen molar-refractivity contribution in [2.24, 2.45) is 5.92 Å². The highest BCUT2D eigenvalue weighted by atomic mass is 32.2. The molecule has 0 radical (unpaired) electrons. The molecule has 0 spiro atoms. The molecule has 4 heteroatoms. The van der Waals surface area contributed by atoms with Crippen molar-refractivity contribution < 1.29 is 4.79 Å². The summed E-state index contributed by atoms with van der Waals surface area (Å²) in [5.74, 6) is 2.80. The molecule has 19 heavy (non-hydrogen) atoms. The Hall–Kier alpha value is -1.16. The van der Waals surface area contributed by atoms with Crippen LogP contribution in [-0.2, 0) is 4.79 Å². The average molecular weight is 280 g/mol. The summed E-state index contributed by atoms with van der Waals surface area (Å²) < 4.78 is 0. The molecular formula is C15H24N2OS. The lowest BCUT2D eigenvalue weighted by molar-refractivity contribution is -0.115. The summed E-state index contributed by atoms with van der Waals surface area (Å²) in [5.41, 5.74) is 8.27. The van der Waals surface area contributed by atoms with Gasteiger partial charge in [0.05, 0.1) is 0 Å². The number of hydrogen-bond donors (Lipinski definition) is 2. The van der Waals surface area contributed by atoms with Gasteiger partial charge in [-0.05, 0) is 42.7 Å². The van der Waals surface area contributed by atoms with Crippen LogP contribution in [0.4, 0.5) is 11.4 Å². The number of anilines is 2. The average Bonchev–Trinajstić information content (AvgIpc) is 2.34. The van der Waals surface area contributed by atoms with Gasteiger partial charge in [-0.1, -0.05) is 19.9 Å². The van der Waals surface area contributed by atoms with Crippen molar-refractivity contribution in [2.45, 2.75) is 33.6 Å². The summed E-state index contributed by atoms with van der Waals surface area (Å²) >= 11 is 1.84. The Labute approximate surface area is 120 Å². The number of benzene rings is 1. The van der Waals surface area contributed by atoms with Crippen LogP contribution in [0, 0.1) is 12.8 Å². The molecule has 1 aromatic carbocycles. The van der Waals surface area contributed by atoms with Crippen LogP contribution in [0.3, 0.4) is 0 Å². The Balaban J connectivity index is 2.29. The van der Waals surface area contributed by atoms with Crippen LogP contribution in [-0.4, -0.2) is 17.4 Å². The Morgan fingerprint density at radius 2 is 2.11 bits per heavy atom. The van der Waals surface area contributed by atoms with Gasteiger partial charge in [-0.2, -0.15) is 11.8 Å². The zero-order chi connectivity index (χ0) is 14.3. The predicted octanol–water partition coefficient (Wildman–Crippen LogP) is 3.69. The Kier molecular flexibility index (Phi) is 6.78. The summed E-state index contributed by atoms with van der Waals surface area (Å²) in [6.45, 7) is 6.36. The summed E-state index contributed by atoms with van der Waals surface area (Å²) in [6.07, 6.45) is 1.76. The summed E-state index contributed by atoms with van der Waals surface area (Å²) in [5, 5.41) is 2.92. The third-order valence-corrected chi connectivity index (χ3v) is 3.98. The summed E-state index contributed by atoms with van der Waals surface area (Å²) in [6, 6.07) is 5.58. The second kappa shape index (κ2) is 8.10. The lowest BCUT2D eigenvalue weighted by Crippen LogP contribution is -2.13. The molecule has 3 nitrogen and oxygen atoms in total. The maximum atomic E-state index is 11.8. The van der Waals surface area contributed by atoms with Crippen LogP contribution in [0.25, 0.3) is 0 Å². The molecule has 3 N–H and O–H groups in total. The van der Waals surface area contributed by atoms with E-state index in [0.717, 1.165) is 28.7 Å². The van der Waals surface area contributed by atoms with E-state index in [0.29, 0.717) is 12.1 Å². The van der Waals surface area contributed by atoms with Crippen LogP contribution in [0.15, 0.2) is 18.2 Å². The van der Waals surface area contributed by atoms with Crippen LogP contribution >= 0.6 is 11.8 Å². The minimum absolute atomic E-state index is 0.0609. The molecule has 0 heterocycles. The first-order valence-electron chi connectivity index (χ1n) is 6.73. The molecule has 0 aromatic heterocycles. The van der Waals surface area contributed by atoms with E-state index in [1.807, 2.05) is 36.9 Å². The predicted molar refractivity (Wildman–Crippen MR) is 85.6 cm³/mol. The first-order valence-corrected chi connectivity index (χ1v) is 7.89. The normalized spacial score (nSPS) is 10.7. The lowest BCUT2D eigenvalue weighted by atomic mass is 10.1. The number of carbonyl (C=O) groups is 1. The minimum Gasteiger partial charge on any atom is -0.398 e. The fourth-order valence-corrected chi connectivity index (χ4v) is 2.76. The molecule has 1 amide bonds. The number of nitrogens with two attached hydrogens (primary N) is 1. The van der Waals surface area contributed by atoms with Gasteiger partial charge in [0.1, 0.15) is 0 Å². The molecule has 0 unspecified atom stereocenters. The van der Waals surface area contributed by atoms with E-state index in [-0.39, 0.29) is 5.91 Å². The van der Waals surface area contributed by atoms with E-state index in [4.69, 9.17) is 5.73 Å². The number of nitrogens with one attached hydrogen (secondary N) is 1. The maximum absolute atomic E-state index is 11.8. The third kappa shape index (κ3) is 6.01. The van der Waals surface area contributed by atoms with Gasteiger partial charge >= 0.3 is 0 Å². The van der Waals surface area contributed by atoms with Crippen molar-refractivity contribution in [3.05, 3.63) is 23.8 Å². The molecular weight excluding hydrogens is 256 g/mol. The van der Waals surface area contributed by atoms with Gasteiger partial charge in [-0.15, -0.1) is 0 Å². The first kappa shape index (κ1) is 15.9. The number of amides is 1. The molecule has 0 atom stereocenters. The molecule has 0 aliphatic rings. The van der Waals surface area contributed by atoms with E-state index in [1.165, 1.54) is 6.42 Å². The fourth-order valence-electron chi connectivity index (χ4n) is 1.59. The number of rotatable bonds is 7. The van der Waals surface area contributed by atoms with Gasteiger partial charge in [0.15, 0.2) is 0 Å². The maximum Gasteiger partial charge on any atom is 0.225 e. The van der Waals surface area contributed by atoms with Crippen molar-refractivity contribution in [2.75, 3.05) is 22.6 Å². The number of nitrogen functional groups attached to an aromatic ring is 1. The van der Waals surface area contributed by atoms with Crippen LogP contribution < -0.4 is 11.1 Å². The quantitative estimate of drug-likeness (QED) is 0.591. The van der Waals surface area contributed by atoms with Crippen molar-refractivity contribution in [3.8, 4) is 0 Å². The Morgan fingerprint density at radius 1 is 1.37 bits per heavy atom. The second-order valence-corrected chi connectivity index (χ2v) is 6.34. The molecule has 1 aromatic rings. The van der Waals surface area contributed by atoms with Crippen molar-refractivity contribution in [1.82, 2.24) is 0 Å². The van der Waals surface area contributed by atoms with E-state index < -0.39 is 0 Å². The summed E-state index contributed by atoms with van der Waals surface area (Å²) in [7, 11) is 0. The molecule has 0 saturated carbocycles. The number of carbonyl (C=O) groups excluding carboxylic acids is 1. The second-order valence-electron chi connectivity index (χ2n) is 5.11. The highest BCUT2D eigenvalue weighted by Gasteiger charge is 2.06. The van der Waals surface area contributed by atoms with Gasteiger partial charge in [0, 0.05) is 23.5 Å². The first-order chi connectivity index (χ1) is 9.00. The van der Waals surface area contributed by atoms with Crippen LogP contribution in [0.1, 0.15) is 32.3 Å². The highest BCUT2D eigenvalue weighted by Crippen LogP contribution is 2.20. The fraction of sp³-hybridized carbons (Fsp3) is 0.533. The summed E-state index contributed by atoms with van der Waals surface area (Å²) in [4.78, 5) is 11.8. The highest BCUT2D eigenvalue weighted by molar-refractivity contribution is 7.99. The molecule has 0 bridgehead atoms. The largest absolute Gasteiger partial charge is 0.398 e. The topological polar surface area (TPSA) is 55.1 Å². The van der Waals surface area contributed by atoms with E-state index >= 15 is 0 Å². The Bertz CT molecular complexity index is 419. The smallest absolute Gasteiger partial charge is 0.225 e. The van der Waals surface area contributed by atoms with Gasteiger partial charge < -0.3 is 11.1 Å². The standard InChI is InChI=1S/C15H24N2OS/c1-11(2)7-9-19-10-8-15(18)17-14-6-4-5-13(16)12(14)3/h4-6,11H,7-10,16H2,1-3H3,(H,17,18). The van der Waals surface area contributed by atoms with Gasteiger partial charge in [-0.25, -0.2) is 0 Å². The molecule has 0 aliphatic carbocycles. The van der Waals surface area contributed by atoms with E-state index in [2.05, 4.69) is 19.2 Å². The molecule has 0 aliphatic heterocycles. The third-order valence-electron chi connectivity index (χ3n) is 2.96. The molecule has 0 saturated heterocycles. The van der Waals surface area contributed by atoms with Crippen molar-refractivity contribution in [1.29, 1.82) is 0 Å². The van der Waals surface area contributed by atoms with Crippen LogP contribution in [0.5, 0.6) is 0 Å². The SMILES string of the molecule is Cc1c(N)cccc1NC(=O)CCSCCC(C)C. The lowest BCUT2D eigenvalue weighted by Gasteiger charge is -2.10. The van der Waals surface area contributed by atoms with E-state index in [1.54, 1.807) is 0 Å². The minimum atomic E-state index is 0.0609. The Morgan fingerprint density at radius 3 is 2.79 bits per heavy atom. The van der Waals surface area contributed by atoms with Gasteiger partial charge in [0.25, 0.3) is 0 Å². The monoisotopic (exact) mass is 280 g/mol. The van der Waals surface area contributed by atoms with Gasteiger partial charge in [-0.3, -0.25) is 4.79 Å². The molecule has 1 rings (SSSR count). The number of thioether (sulfide) groups is 1. The zero-order valence-corrected chi connectivity index (χ0v) is 12.8.